The number of nitro groups is 1. The molecular weight excluding hydrogens is 1220 g/mol. The number of anilines is 5. The number of nitrogens with one attached hydrogen (secondary N) is 2. The van der Waals surface area contributed by atoms with Crippen LogP contribution in [0.25, 0.3) is 5.69 Å². The average Bonchev–Trinajstić information content (AvgIpc) is 3.85. The van der Waals surface area contributed by atoms with Crippen molar-refractivity contribution in [2.24, 2.45) is 5.73 Å². The number of para-hydroxylation sites is 3. The Bertz CT molecular complexity index is 2920. The zero-order valence-corrected chi connectivity index (χ0v) is 50.8. The van der Waals surface area contributed by atoms with Gasteiger partial charge in [-0.1, -0.05) is 83.7 Å². The number of rotatable bonds is 17. The highest BCUT2D eigenvalue weighted by Crippen LogP contribution is 2.40. The molecule has 2 aromatic heterocycles. The molecule has 0 saturated heterocycles. The number of aliphatic carboxylic acids is 1. The van der Waals surface area contributed by atoms with Crippen molar-refractivity contribution in [2.45, 2.75) is 96.5 Å². The number of aromatic nitrogens is 5. The third-order valence-corrected chi connectivity index (χ3v) is 13.2. The number of nitrogens with two attached hydrogens (primary N) is 2. The second kappa shape index (κ2) is 33.6. The van der Waals surface area contributed by atoms with Crippen LogP contribution >= 0.6 is 77.0 Å². The molecule has 448 valence electrons. The average molecular weight is 1280 g/mol. The predicted octanol–water partition coefficient (Wildman–Crippen LogP) is 10.9. The van der Waals surface area contributed by atoms with Crippen molar-refractivity contribution in [1.82, 2.24) is 24.7 Å². The van der Waals surface area contributed by atoms with Gasteiger partial charge in [-0.15, -0.1) is 11.6 Å². The van der Waals surface area contributed by atoms with Gasteiger partial charge in [0.1, 0.15) is 36.2 Å². The van der Waals surface area contributed by atoms with Crippen molar-refractivity contribution in [3.8, 4) is 11.4 Å². The summed E-state index contributed by atoms with van der Waals surface area (Å²) >= 11 is 34.3. The standard InChI is InChI=1S/C15H22ClNO2.C11H11Cl2NO2.C10H5Cl2F3N4O2.C8H14ClN5.C5H12NO4P/c1-5-13-8-6-7-11(2)15(13)17(14(18)9-16)12(3)10-19-4;1-7-6-16-9-5-3-2-4-8(9)14(7)11(15)10(12)13;11-5-1-4(10(13,14)15)2-6(12)8(5)18-9(16)7(3-17-18)19(20)21;1-4-10-7-12-6(9)13-8(14-7)11-5(2)3;1-11(9,10)3-2-4(6)5(7)8/h6-8,12H,5,9-10H2,1-4H3;2-5,7,10H,6H2,1H3;1-3H,16H2;5H,4H2,1-3H3,(H2,10,11,12,13,14);4H,2-3,6H2,1H3,(H,7,8)(H,9,10). The Morgan fingerprint density at radius 2 is 1.64 bits per heavy atom. The number of ether oxygens (including phenoxy) is 2. The number of halogens is 9. The van der Waals surface area contributed by atoms with E-state index < -0.39 is 52.4 Å². The lowest BCUT2D eigenvalue weighted by molar-refractivity contribution is -0.383. The van der Waals surface area contributed by atoms with E-state index >= 15 is 0 Å². The first-order chi connectivity index (χ1) is 37.7. The quantitative estimate of drug-likeness (QED) is 0.0218. The number of benzene rings is 3. The van der Waals surface area contributed by atoms with Crippen molar-refractivity contribution >= 4 is 130 Å². The first-order valence-corrected chi connectivity index (χ1v) is 29.1. The number of carboxylic acid groups (broad SMARTS) is 1. The molecule has 3 aromatic carbocycles. The maximum atomic E-state index is 12.6. The van der Waals surface area contributed by atoms with E-state index in [2.05, 4.69) is 43.7 Å². The molecule has 22 nitrogen and oxygen atoms in total. The van der Waals surface area contributed by atoms with E-state index in [0.717, 1.165) is 46.3 Å². The largest absolute Gasteiger partial charge is 0.489 e. The van der Waals surface area contributed by atoms with Crippen LogP contribution in [-0.2, 0) is 36.3 Å². The van der Waals surface area contributed by atoms with E-state index in [0.29, 0.717) is 43.0 Å². The molecule has 8 N–H and O–H groups in total. The highest BCUT2D eigenvalue weighted by Gasteiger charge is 2.34. The maximum absolute atomic E-state index is 12.6. The first-order valence-electron chi connectivity index (χ1n) is 24.3. The summed E-state index contributed by atoms with van der Waals surface area (Å²) in [5.74, 6) is -0.288. The number of carbonyl (C=O) groups is 3. The van der Waals surface area contributed by atoms with Gasteiger partial charge in [0, 0.05) is 32.5 Å². The molecule has 4 unspecified atom stereocenters. The van der Waals surface area contributed by atoms with E-state index in [4.69, 9.17) is 101 Å². The van der Waals surface area contributed by atoms with Crippen molar-refractivity contribution in [3.05, 3.63) is 103 Å². The molecule has 3 heterocycles. The van der Waals surface area contributed by atoms with Crippen LogP contribution in [0.4, 0.5) is 47.9 Å². The number of nitrogens with zero attached hydrogens (tertiary/aromatic N) is 8. The Labute approximate surface area is 496 Å². The summed E-state index contributed by atoms with van der Waals surface area (Å²) in [6.07, 6.45) is -2.91. The fraction of sp³-hybridized carbons (Fsp3) is 0.449. The lowest BCUT2D eigenvalue weighted by Crippen LogP contribution is -2.47. The van der Waals surface area contributed by atoms with E-state index in [-0.39, 0.29) is 69.4 Å². The number of alkyl halides is 6. The molecule has 0 fully saturated rings. The van der Waals surface area contributed by atoms with Crippen LogP contribution in [0.3, 0.4) is 0 Å². The molecular formula is C49H64Cl6F3N12O10P. The van der Waals surface area contributed by atoms with Crippen molar-refractivity contribution in [1.29, 1.82) is 0 Å². The second-order valence-corrected chi connectivity index (χ2v) is 22.8. The number of hydrogen-bond acceptors (Lipinski definition) is 16. The molecule has 81 heavy (non-hydrogen) atoms. The topological polar surface area (TPSA) is 309 Å². The summed E-state index contributed by atoms with van der Waals surface area (Å²) in [7, 11) is -1.47. The zero-order valence-electron chi connectivity index (χ0n) is 45.4. The van der Waals surface area contributed by atoms with Gasteiger partial charge in [0.2, 0.25) is 28.9 Å². The molecule has 2 amide bonds. The van der Waals surface area contributed by atoms with Gasteiger partial charge in [0.15, 0.2) is 12.2 Å². The number of hydrogen-bond donors (Lipinski definition) is 6. The lowest BCUT2D eigenvalue weighted by Gasteiger charge is -2.35. The minimum absolute atomic E-state index is 0.0223. The van der Waals surface area contributed by atoms with Gasteiger partial charge >= 0.3 is 17.8 Å². The Hall–Kier alpha value is -5.47. The number of carbonyl (C=O) groups excluding carboxylic acids is 2. The molecule has 0 radical (unpaired) electrons. The number of methoxy groups -OCH3 is 1. The lowest BCUT2D eigenvalue weighted by atomic mass is 10.0. The van der Waals surface area contributed by atoms with E-state index in [1.54, 1.807) is 16.9 Å². The summed E-state index contributed by atoms with van der Waals surface area (Å²) in [5, 5.41) is 28.0. The Balaban J connectivity index is 0.000000352. The Kier molecular flexibility index (Phi) is 29.7. The SMILES string of the molecule is CC1COc2ccccc2N1C(=O)C(Cl)Cl.CCNc1nc(Cl)nc(NC(C)C)n1.CCc1cccc(C)c1N(C(=O)CCl)C(C)COC.CP(=O)(O)CCC(N)C(=O)O.Nc1c([N+](=O)[O-])cnn1-c1c(Cl)cc(C(F)(F)F)cc1Cl. The molecule has 0 saturated carbocycles. The van der Waals surface area contributed by atoms with Gasteiger partial charge in [0.25, 0.3) is 5.91 Å². The van der Waals surface area contributed by atoms with Crippen LogP contribution in [0.1, 0.15) is 64.7 Å². The van der Waals surface area contributed by atoms with Crippen LogP contribution in [0.2, 0.25) is 15.3 Å². The normalized spacial score (nSPS) is 14.0. The molecule has 1 aliphatic rings. The highest BCUT2D eigenvalue weighted by molar-refractivity contribution is 7.57. The molecule has 4 atom stereocenters. The molecule has 6 rings (SSSR count). The molecule has 0 aliphatic carbocycles. The van der Waals surface area contributed by atoms with E-state index in [1.807, 2.05) is 77.9 Å². The van der Waals surface area contributed by atoms with Crippen molar-refractivity contribution < 1.29 is 56.5 Å². The van der Waals surface area contributed by atoms with Crippen LogP contribution in [0, 0.1) is 17.0 Å². The van der Waals surface area contributed by atoms with Crippen LogP contribution in [0.15, 0.2) is 60.8 Å². The maximum Gasteiger partial charge on any atom is 0.416 e. The molecule has 1 aliphatic heterocycles. The third kappa shape index (κ3) is 22.7. The van der Waals surface area contributed by atoms with Crippen LogP contribution < -0.4 is 36.6 Å². The Morgan fingerprint density at radius 3 is 2.14 bits per heavy atom. The van der Waals surface area contributed by atoms with E-state index in [1.165, 1.54) is 6.66 Å². The number of aryl methyl sites for hydroxylation is 2. The van der Waals surface area contributed by atoms with Crippen molar-refractivity contribution in [3.63, 3.8) is 0 Å². The summed E-state index contributed by atoms with van der Waals surface area (Å²) in [6.45, 7) is 16.8. The van der Waals surface area contributed by atoms with Crippen molar-refractivity contribution in [2.75, 3.05) is 71.7 Å². The fourth-order valence-corrected chi connectivity index (χ4v) is 8.98. The summed E-state index contributed by atoms with van der Waals surface area (Å²) in [6, 6.07) is 13.8. The molecule has 0 spiro atoms. The summed E-state index contributed by atoms with van der Waals surface area (Å²) in [5.41, 5.74) is 12.8. The monoisotopic (exact) mass is 1280 g/mol. The summed E-state index contributed by atoms with van der Waals surface area (Å²) < 4.78 is 60.0. The number of fused-ring (bicyclic) bond motifs is 1. The zero-order chi connectivity index (χ0) is 61.7. The second-order valence-electron chi connectivity index (χ2n) is 17.7. The fourth-order valence-electron chi connectivity index (χ4n) is 7.07. The van der Waals surface area contributed by atoms with Gasteiger partial charge in [-0.25, -0.2) is 4.68 Å². The van der Waals surface area contributed by atoms with Crippen LogP contribution in [-0.4, -0.2) is 132 Å². The minimum atomic E-state index is -4.63. The predicted molar refractivity (Wildman–Crippen MR) is 313 cm³/mol. The Morgan fingerprint density at radius 1 is 1.04 bits per heavy atom. The van der Waals surface area contributed by atoms with Gasteiger partial charge in [-0.3, -0.25) is 29.1 Å². The first kappa shape index (κ1) is 71.6. The summed E-state index contributed by atoms with van der Waals surface area (Å²) in [4.78, 5) is 67.1. The van der Waals surface area contributed by atoms with E-state index in [9.17, 15) is 42.2 Å². The molecule has 32 heteroatoms. The minimum Gasteiger partial charge on any atom is -0.489 e. The van der Waals surface area contributed by atoms with Gasteiger partial charge < -0.3 is 51.4 Å². The van der Waals surface area contributed by atoms with Gasteiger partial charge in [0.05, 0.1) is 50.6 Å². The smallest absolute Gasteiger partial charge is 0.416 e. The van der Waals surface area contributed by atoms with Gasteiger partial charge in [-0.05, 0) is 101 Å². The van der Waals surface area contributed by atoms with Crippen LogP contribution in [0.5, 0.6) is 5.75 Å². The van der Waals surface area contributed by atoms with Gasteiger partial charge in [-0.2, -0.15) is 33.2 Å². The third-order valence-electron chi connectivity index (χ3n) is 10.7. The number of nitrogen functional groups attached to an aromatic ring is 1. The highest BCUT2D eigenvalue weighted by atomic mass is 35.5. The number of carboxylic acids is 1. The number of amides is 2. The molecule has 5 aromatic rings. The molecule has 0 bridgehead atoms.